The third-order valence-corrected chi connectivity index (χ3v) is 3.04. The molecule has 0 atom stereocenters. The van der Waals surface area contributed by atoms with Crippen LogP contribution >= 0.6 is 0 Å². The van der Waals surface area contributed by atoms with Crippen molar-refractivity contribution in [3.05, 3.63) is 12.3 Å². The summed E-state index contributed by atoms with van der Waals surface area (Å²) in [5, 5.41) is 6.26. The third-order valence-electron chi connectivity index (χ3n) is 3.04. The molecule has 1 fully saturated rings. The van der Waals surface area contributed by atoms with Gasteiger partial charge < -0.3 is 15.5 Å². The molecule has 0 bridgehead atoms. The van der Waals surface area contributed by atoms with Crippen molar-refractivity contribution in [2.75, 3.05) is 43.9 Å². The molecule has 0 unspecified atom stereocenters. The van der Waals surface area contributed by atoms with Gasteiger partial charge >= 0.3 is 0 Å². The second-order valence-electron chi connectivity index (χ2n) is 4.34. The van der Waals surface area contributed by atoms with Crippen LogP contribution in [0.4, 0.5) is 11.8 Å². The van der Waals surface area contributed by atoms with Gasteiger partial charge in [0.25, 0.3) is 0 Å². The standard InChI is InChI=1S/C12H21N5/c1-13-12-15-7-5-11(16-12)14-6-4-10-17-8-2-3-9-17/h5,7H,2-4,6,8-10H2,1H3,(H2,13,14,15,16). The van der Waals surface area contributed by atoms with Crippen LogP contribution < -0.4 is 10.6 Å². The molecule has 2 N–H and O–H groups in total. The zero-order valence-corrected chi connectivity index (χ0v) is 10.4. The highest BCUT2D eigenvalue weighted by Gasteiger charge is 2.09. The van der Waals surface area contributed by atoms with E-state index in [4.69, 9.17) is 0 Å². The Morgan fingerprint density at radius 2 is 2.18 bits per heavy atom. The number of nitrogens with zero attached hydrogens (tertiary/aromatic N) is 3. The molecule has 0 aliphatic carbocycles. The first kappa shape index (κ1) is 12.1. The monoisotopic (exact) mass is 235 g/mol. The first-order valence-electron chi connectivity index (χ1n) is 6.35. The fraction of sp³-hybridized carbons (Fsp3) is 0.667. The zero-order chi connectivity index (χ0) is 11.9. The molecule has 0 saturated carbocycles. The molecule has 2 heterocycles. The second kappa shape index (κ2) is 6.39. The van der Waals surface area contributed by atoms with Crippen molar-refractivity contribution in [2.24, 2.45) is 0 Å². The lowest BCUT2D eigenvalue weighted by Crippen LogP contribution is -2.22. The molecule has 2 rings (SSSR count). The summed E-state index contributed by atoms with van der Waals surface area (Å²) in [5.74, 6) is 1.56. The van der Waals surface area contributed by atoms with Crippen LogP contribution in [-0.4, -0.2) is 48.1 Å². The lowest BCUT2D eigenvalue weighted by molar-refractivity contribution is 0.337. The van der Waals surface area contributed by atoms with Crippen molar-refractivity contribution < 1.29 is 0 Å². The Hall–Kier alpha value is -1.36. The van der Waals surface area contributed by atoms with Gasteiger partial charge in [0.1, 0.15) is 5.82 Å². The fourth-order valence-corrected chi connectivity index (χ4v) is 2.10. The fourth-order valence-electron chi connectivity index (χ4n) is 2.10. The van der Waals surface area contributed by atoms with Gasteiger partial charge in [0.15, 0.2) is 0 Å². The molecule has 1 aromatic rings. The minimum Gasteiger partial charge on any atom is -0.370 e. The maximum atomic E-state index is 4.31. The average molecular weight is 235 g/mol. The van der Waals surface area contributed by atoms with Crippen LogP contribution in [0.25, 0.3) is 0 Å². The summed E-state index contributed by atoms with van der Waals surface area (Å²) in [5.41, 5.74) is 0. The van der Waals surface area contributed by atoms with Crippen LogP contribution in [-0.2, 0) is 0 Å². The van der Waals surface area contributed by atoms with Crippen LogP contribution in [0.15, 0.2) is 12.3 Å². The average Bonchev–Trinajstić information content (AvgIpc) is 2.88. The van der Waals surface area contributed by atoms with Crippen molar-refractivity contribution in [1.82, 2.24) is 14.9 Å². The quantitative estimate of drug-likeness (QED) is 0.730. The maximum absolute atomic E-state index is 4.31. The molecule has 1 aromatic heterocycles. The van der Waals surface area contributed by atoms with Crippen molar-refractivity contribution in [1.29, 1.82) is 0 Å². The molecule has 17 heavy (non-hydrogen) atoms. The number of likely N-dealkylation sites (tertiary alicyclic amines) is 1. The van der Waals surface area contributed by atoms with Crippen LogP contribution in [0.5, 0.6) is 0 Å². The van der Waals surface area contributed by atoms with Crippen LogP contribution in [0.1, 0.15) is 19.3 Å². The first-order chi connectivity index (χ1) is 8.38. The van der Waals surface area contributed by atoms with E-state index in [-0.39, 0.29) is 0 Å². The van der Waals surface area contributed by atoms with Gasteiger partial charge in [-0.25, -0.2) is 4.98 Å². The van der Waals surface area contributed by atoms with E-state index in [9.17, 15) is 0 Å². The molecule has 5 heteroatoms. The molecule has 94 valence electrons. The molecule has 0 radical (unpaired) electrons. The van der Waals surface area contributed by atoms with E-state index in [1.807, 2.05) is 13.1 Å². The van der Waals surface area contributed by atoms with Crippen LogP contribution in [0.2, 0.25) is 0 Å². The normalized spacial score (nSPS) is 16.1. The molecule has 1 aliphatic heterocycles. The minimum absolute atomic E-state index is 0.662. The predicted octanol–water partition coefficient (Wildman–Crippen LogP) is 1.42. The molecular formula is C12H21N5. The SMILES string of the molecule is CNc1nccc(NCCCN2CCCC2)n1. The zero-order valence-electron chi connectivity index (χ0n) is 10.4. The first-order valence-corrected chi connectivity index (χ1v) is 6.35. The number of aromatic nitrogens is 2. The number of nitrogens with one attached hydrogen (secondary N) is 2. The van der Waals surface area contributed by atoms with E-state index >= 15 is 0 Å². The lowest BCUT2D eigenvalue weighted by Gasteiger charge is -2.14. The summed E-state index contributed by atoms with van der Waals surface area (Å²) < 4.78 is 0. The van der Waals surface area contributed by atoms with E-state index in [0.29, 0.717) is 5.95 Å². The van der Waals surface area contributed by atoms with E-state index < -0.39 is 0 Å². The summed E-state index contributed by atoms with van der Waals surface area (Å²) in [6, 6.07) is 1.90. The summed E-state index contributed by atoms with van der Waals surface area (Å²) in [6.45, 7) is 4.71. The Morgan fingerprint density at radius 3 is 2.94 bits per heavy atom. The molecule has 5 nitrogen and oxygen atoms in total. The van der Waals surface area contributed by atoms with E-state index in [1.165, 1.54) is 38.9 Å². The summed E-state index contributed by atoms with van der Waals surface area (Å²) in [4.78, 5) is 10.9. The van der Waals surface area contributed by atoms with Gasteiger partial charge in [-0.1, -0.05) is 0 Å². The highest BCUT2D eigenvalue weighted by molar-refractivity contribution is 5.38. The third kappa shape index (κ3) is 3.85. The van der Waals surface area contributed by atoms with Gasteiger partial charge in [0.2, 0.25) is 5.95 Å². The van der Waals surface area contributed by atoms with Crippen molar-refractivity contribution in [3.63, 3.8) is 0 Å². The Kier molecular flexibility index (Phi) is 4.55. The summed E-state index contributed by atoms with van der Waals surface area (Å²) in [7, 11) is 1.83. The topological polar surface area (TPSA) is 53.1 Å². The molecular weight excluding hydrogens is 214 g/mol. The smallest absolute Gasteiger partial charge is 0.224 e. The van der Waals surface area contributed by atoms with Gasteiger partial charge in [0.05, 0.1) is 0 Å². The Labute approximate surface area is 103 Å². The predicted molar refractivity (Wildman–Crippen MR) is 70.4 cm³/mol. The van der Waals surface area contributed by atoms with E-state index in [0.717, 1.165) is 12.4 Å². The van der Waals surface area contributed by atoms with E-state index in [1.54, 1.807) is 6.20 Å². The van der Waals surface area contributed by atoms with Crippen molar-refractivity contribution >= 4 is 11.8 Å². The lowest BCUT2D eigenvalue weighted by atomic mass is 10.4. The van der Waals surface area contributed by atoms with Gasteiger partial charge in [0, 0.05) is 19.8 Å². The van der Waals surface area contributed by atoms with Crippen LogP contribution in [0.3, 0.4) is 0 Å². The highest BCUT2D eigenvalue weighted by Crippen LogP contribution is 2.08. The Bertz CT molecular complexity index is 335. The summed E-state index contributed by atoms with van der Waals surface area (Å²) in [6.07, 6.45) is 5.66. The minimum atomic E-state index is 0.662. The van der Waals surface area contributed by atoms with Crippen molar-refractivity contribution in [2.45, 2.75) is 19.3 Å². The maximum Gasteiger partial charge on any atom is 0.224 e. The molecule has 1 aliphatic rings. The molecule has 0 amide bonds. The van der Waals surface area contributed by atoms with Crippen molar-refractivity contribution in [3.8, 4) is 0 Å². The number of rotatable bonds is 6. The molecule has 0 spiro atoms. The van der Waals surface area contributed by atoms with Gasteiger partial charge in [-0.3, -0.25) is 0 Å². The largest absolute Gasteiger partial charge is 0.370 e. The Morgan fingerprint density at radius 1 is 1.35 bits per heavy atom. The number of hydrogen-bond donors (Lipinski definition) is 2. The van der Waals surface area contributed by atoms with Crippen LogP contribution in [0, 0.1) is 0 Å². The molecule has 1 saturated heterocycles. The second-order valence-corrected chi connectivity index (χ2v) is 4.34. The number of anilines is 2. The van der Waals surface area contributed by atoms with E-state index in [2.05, 4.69) is 25.5 Å². The molecule has 0 aromatic carbocycles. The number of hydrogen-bond acceptors (Lipinski definition) is 5. The van der Waals surface area contributed by atoms with Gasteiger partial charge in [-0.15, -0.1) is 0 Å². The summed E-state index contributed by atoms with van der Waals surface area (Å²) >= 11 is 0. The Balaban J connectivity index is 1.66. The highest BCUT2D eigenvalue weighted by atomic mass is 15.1. The van der Waals surface area contributed by atoms with Gasteiger partial charge in [-0.2, -0.15) is 4.98 Å². The van der Waals surface area contributed by atoms with Gasteiger partial charge in [-0.05, 0) is 45.0 Å².